The highest BCUT2D eigenvalue weighted by Gasteiger charge is 2.30. The molecule has 0 saturated carbocycles. The van der Waals surface area contributed by atoms with Crippen molar-refractivity contribution in [3.8, 4) is 0 Å². The lowest BCUT2D eigenvalue weighted by molar-refractivity contribution is 0.0707. The first-order chi connectivity index (χ1) is 13.6. The Morgan fingerprint density at radius 3 is 3.07 bits per heavy atom. The van der Waals surface area contributed by atoms with Crippen LogP contribution in [0.2, 0.25) is 0 Å². The lowest BCUT2D eigenvalue weighted by Crippen LogP contribution is -2.39. The zero-order valence-electron chi connectivity index (χ0n) is 15.5. The summed E-state index contributed by atoms with van der Waals surface area (Å²) in [6.07, 6.45) is 3.45. The third-order valence-corrected chi connectivity index (χ3v) is 6.25. The van der Waals surface area contributed by atoms with Crippen LogP contribution in [0, 0.1) is 5.82 Å². The highest BCUT2D eigenvalue weighted by molar-refractivity contribution is 7.21. The van der Waals surface area contributed by atoms with Crippen LogP contribution in [0.4, 0.5) is 10.3 Å². The number of fused-ring (bicyclic) bond motifs is 1. The Kier molecular flexibility index (Phi) is 5.23. The van der Waals surface area contributed by atoms with Gasteiger partial charge in [0, 0.05) is 48.0 Å². The number of rotatable bonds is 4. The number of carbonyl (C=O) groups excluding carboxylic acids is 1. The van der Waals surface area contributed by atoms with E-state index in [1.165, 1.54) is 17.4 Å². The van der Waals surface area contributed by atoms with Crippen molar-refractivity contribution < 1.29 is 13.9 Å². The van der Waals surface area contributed by atoms with E-state index in [9.17, 15) is 9.18 Å². The summed E-state index contributed by atoms with van der Waals surface area (Å²) in [4.78, 5) is 24.0. The van der Waals surface area contributed by atoms with Crippen molar-refractivity contribution in [3.63, 3.8) is 0 Å². The van der Waals surface area contributed by atoms with Crippen molar-refractivity contribution in [1.29, 1.82) is 0 Å². The zero-order chi connectivity index (χ0) is 19.7. The summed E-state index contributed by atoms with van der Waals surface area (Å²) in [6.45, 7) is 1.42. The number of aromatic nitrogens is 2. The Labute approximate surface area is 166 Å². The lowest BCUT2D eigenvalue weighted by atomic mass is 9.94. The van der Waals surface area contributed by atoms with Crippen LogP contribution in [0.15, 0.2) is 30.5 Å². The number of hydrogen-bond donors (Lipinski definition) is 1. The smallest absolute Gasteiger partial charge is 0.264 e. The van der Waals surface area contributed by atoms with Gasteiger partial charge in [-0.25, -0.2) is 14.4 Å². The van der Waals surface area contributed by atoms with Gasteiger partial charge in [0.25, 0.3) is 5.91 Å². The van der Waals surface area contributed by atoms with Gasteiger partial charge < -0.3 is 15.4 Å². The Bertz CT molecular complexity index is 1020. The molecular weight excluding hydrogens is 379 g/mol. The lowest BCUT2D eigenvalue weighted by Gasteiger charge is -2.32. The van der Waals surface area contributed by atoms with Crippen molar-refractivity contribution in [3.05, 3.63) is 52.4 Å². The molecule has 3 heterocycles. The molecule has 1 aliphatic heterocycles. The van der Waals surface area contributed by atoms with Gasteiger partial charge >= 0.3 is 0 Å². The number of nitrogens with zero attached hydrogens (tertiary/aromatic N) is 3. The van der Waals surface area contributed by atoms with Gasteiger partial charge in [-0.1, -0.05) is 6.07 Å². The number of nitrogens with two attached hydrogens (primary N) is 1. The van der Waals surface area contributed by atoms with Crippen LogP contribution in [0.1, 0.15) is 39.7 Å². The van der Waals surface area contributed by atoms with Gasteiger partial charge in [-0.15, -0.1) is 11.3 Å². The number of nitrogen functional groups attached to an aromatic ring is 1. The summed E-state index contributed by atoms with van der Waals surface area (Å²) in [5, 5.41) is 0.481. The summed E-state index contributed by atoms with van der Waals surface area (Å²) >= 11 is 1.32. The molecule has 1 saturated heterocycles. The standard InChI is InChI=1S/C20H21FN4O2S/c1-27-11-13-17-14(21)5-2-6-16(17)28-18(13)19(26)25-9-3-4-12(10-25)15-7-8-23-20(22)24-15/h2,5-8,12H,3-4,9-11H2,1H3,(H2,22,23,24)/t12-/m0/s1. The minimum absolute atomic E-state index is 0.0839. The second-order valence-corrected chi connectivity index (χ2v) is 7.94. The normalized spacial score (nSPS) is 17.2. The van der Waals surface area contributed by atoms with Crippen LogP contribution in [-0.2, 0) is 11.3 Å². The summed E-state index contributed by atoms with van der Waals surface area (Å²) < 4.78 is 20.4. The molecule has 146 valence electrons. The molecule has 1 fully saturated rings. The first kappa shape index (κ1) is 18.8. The van der Waals surface area contributed by atoms with Crippen LogP contribution >= 0.6 is 11.3 Å². The third kappa shape index (κ3) is 3.45. The molecule has 0 spiro atoms. The average molecular weight is 400 g/mol. The van der Waals surface area contributed by atoms with Crippen LogP contribution in [0.5, 0.6) is 0 Å². The summed E-state index contributed by atoms with van der Waals surface area (Å²) in [5.41, 5.74) is 7.19. The van der Waals surface area contributed by atoms with Gasteiger partial charge in [-0.3, -0.25) is 4.79 Å². The number of amides is 1. The predicted octanol–water partition coefficient (Wildman–Crippen LogP) is 3.58. The minimum Gasteiger partial charge on any atom is -0.380 e. The molecule has 2 N–H and O–H groups in total. The van der Waals surface area contributed by atoms with Crippen LogP contribution in [0.3, 0.4) is 0 Å². The number of hydrogen-bond acceptors (Lipinski definition) is 6. The number of ether oxygens (including phenoxy) is 1. The van der Waals surface area contributed by atoms with Gasteiger partial charge in [-0.05, 0) is 31.0 Å². The van der Waals surface area contributed by atoms with Crippen molar-refractivity contribution >= 4 is 33.3 Å². The van der Waals surface area contributed by atoms with Crippen molar-refractivity contribution in [2.75, 3.05) is 25.9 Å². The molecule has 1 aromatic carbocycles. The molecule has 0 bridgehead atoms. The number of benzene rings is 1. The summed E-state index contributed by atoms with van der Waals surface area (Å²) in [6, 6.07) is 6.76. The SMILES string of the molecule is COCc1c(C(=O)N2CCC[C@H](c3ccnc(N)n3)C2)sc2cccc(F)c12. The van der Waals surface area contributed by atoms with Gasteiger partial charge in [0.1, 0.15) is 5.82 Å². The van der Waals surface area contributed by atoms with Gasteiger partial charge in [0.15, 0.2) is 0 Å². The Morgan fingerprint density at radius 1 is 1.43 bits per heavy atom. The van der Waals surface area contributed by atoms with E-state index in [2.05, 4.69) is 9.97 Å². The van der Waals surface area contributed by atoms with E-state index in [-0.39, 0.29) is 30.2 Å². The Morgan fingerprint density at radius 2 is 2.29 bits per heavy atom. The van der Waals surface area contributed by atoms with E-state index in [4.69, 9.17) is 10.5 Å². The van der Waals surface area contributed by atoms with Crippen LogP contribution in [0.25, 0.3) is 10.1 Å². The number of anilines is 1. The maximum Gasteiger partial charge on any atom is 0.264 e. The fourth-order valence-electron chi connectivity index (χ4n) is 3.78. The largest absolute Gasteiger partial charge is 0.380 e. The zero-order valence-corrected chi connectivity index (χ0v) is 16.3. The number of likely N-dealkylation sites (tertiary alicyclic amines) is 1. The van der Waals surface area contributed by atoms with E-state index in [0.29, 0.717) is 28.9 Å². The highest BCUT2D eigenvalue weighted by atomic mass is 32.1. The minimum atomic E-state index is -0.326. The fourth-order valence-corrected chi connectivity index (χ4v) is 4.97. The monoisotopic (exact) mass is 400 g/mol. The maximum absolute atomic E-state index is 14.4. The van der Waals surface area contributed by atoms with Crippen molar-refractivity contribution in [2.24, 2.45) is 0 Å². The number of carbonyl (C=O) groups is 1. The molecule has 0 unspecified atom stereocenters. The van der Waals surface area contributed by atoms with Crippen molar-refractivity contribution in [1.82, 2.24) is 14.9 Å². The second kappa shape index (κ2) is 7.81. The van der Waals surface area contributed by atoms with E-state index in [1.54, 1.807) is 19.4 Å². The number of piperidine rings is 1. The molecule has 28 heavy (non-hydrogen) atoms. The van der Waals surface area contributed by atoms with Gasteiger partial charge in [0.05, 0.1) is 17.2 Å². The molecule has 3 aromatic rings. The number of methoxy groups -OCH3 is 1. The first-order valence-electron chi connectivity index (χ1n) is 9.15. The topological polar surface area (TPSA) is 81.3 Å². The quantitative estimate of drug-likeness (QED) is 0.724. The van der Waals surface area contributed by atoms with Gasteiger partial charge in [-0.2, -0.15) is 0 Å². The third-order valence-electron chi connectivity index (χ3n) is 5.07. The second-order valence-electron chi connectivity index (χ2n) is 6.89. The van der Waals surface area contributed by atoms with Crippen molar-refractivity contribution in [2.45, 2.75) is 25.4 Å². The Balaban J connectivity index is 1.65. The molecule has 6 nitrogen and oxygen atoms in total. The highest BCUT2D eigenvalue weighted by Crippen LogP contribution is 2.36. The number of thiophene rings is 1. The van der Waals surface area contributed by atoms with E-state index in [1.807, 2.05) is 17.0 Å². The molecule has 4 rings (SSSR count). The molecule has 0 radical (unpaired) electrons. The van der Waals surface area contributed by atoms with Gasteiger partial charge in [0.2, 0.25) is 5.95 Å². The molecule has 1 aliphatic rings. The molecule has 1 amide bonds. The summed E-state index contributed by atoms with van der Waals surface area (Å²) in [7, 11) is 1.55. The van der Waals surface area contributed by atoms with E-state index < -0.39 is 0 Å². The molecule has 1 atom stereocenters. The average Bonchev–Trinajstić information content (AvgIpc) is 3.08. The van der Waals surface area contributed by atoms with E-state index >= 15 is 0 Å². The van der Waals surface area contributed by atoms with Crippen LogP contribution in [-0.4, -0.2) is 41.0 Å². The van der Waals surface area contributed by atoms with Crippen LogP contribution < -0.4 is 5.73 Å². The fraction of sp³-hybridized carbons (Fsp3) is 0.350. The van der Waals surface area contributed by atoms with E-state index in [0.717, 1.165) is 23.2 Å². The number of halogens is 1. The maximum atomic E-state index is 14.4. The molecule has 8 heteroatoms. The molecule has 2 aromatic heterocycles. The predicted molar refractivity (Wildman–Crippen MR) is 107 cm³/mol. The summed E-state index contributed by atoms with van der Waals surface area (Å²) in [5.74, 6) is -0.0597. The first-order valence-corrected chi connectivity index (χ1v) is 9.96. The Hall–Kier alpha value is -2.58. The molecule has 0 aliphatic carbocycles. The molecular formula is C20H21FN4O2S.